The van der Waals surface area contributed by atoms with Crippen molar-refractivity contribution in [2.24, 2.45) is 0 Å². The van der Waals surface area contributed by atoms with Crippen molar-refractivity contribution in [1.82, 2.24) is 4.98 Å². The van der Waals surface area contributed by atoms with Crippen LogP contribution in [-0.2, 0) is 4.79 Å². The molecule has 0 bridgehead atoms. The van der Waals surface area contributed by atoms with Crippen molar-refractivity contribution in [3.63, 3.8) is 0 Å². The fourth-order valence-electron chi connectivity index (χ4n) is 2.31. The van der Waals surface area contributed by atoms with E-state index in [1.54, 1.807) is 6.20 Å². The van der Waals surface area contributed by atoms with Crippen LogP contribution < -0.4 is 10.1 Å². The molecule has 0 saturated carbocycles. The van der Waals surface area contributed by atoms with E-state index in [4.69, 9.17) is 9.15 Å². The summed E-state index contributed by atoms with van der Waals surface area (Å²) in [5.41, 5.74) is 1.60. The number of hydrogen-bond acceptors (Lipinski definition) is 4. The van der Waals surface area contributed by atoms with E-state index in [0.717, 1.165) is 21.5 Å². The lowest BCUT2D eigenvalue weighted by Crippen LogP contribution is -2.12. The van der Waals surface area contributed by atoms with Crippen molar-refractivity contribution < 1.29 is 13.9 Å². The molecule has 5 nitrogen and oxygen atoms in total. The average molecular weight is 401 g/mol. The number of hydrogen-bond donors (Lipinski definition) is 1. The standard InChI is InChI=1S/C19H17BrN2O3/c20-15-5-2-7-17(11-15)24-9-3-8-19(23)22-16-6-1-4-14(10-16)18-12-21-13-25-18/h1-2,4-7,10-13H,3,8-9H2,(H,22,23). The second-order valence-electron chi connectivity index (χ2n) is 5.40. The summed E-state index contributed by atoms with van der Waals surface area (Å²) in [5.74, 6) is 1.40. The monoisotopic (exact) mass is 400 g/mol. The van der Waals surface area contributed by atoms with Crippen LogP contribution in [0, 0.1) is 0 Å². The predicted molar refractivity (Wildman–Crippen MR) is 99.4 cm³/mol. The highest BCUT2D eigenvalue weighted by Gasteiger charge is 2.06. The van der Waals surface area contributed by atoms with Crippen LogP contribution in [0.2, 0.25) is 0 Å². The Morgan fingerprint density at radius 2 is 2.08 bits per heavy atom. The molecule has 0 aliphatic heterocycles. The van der Waals surface area contributed by atoms with Gasteiger partial charge in [-0.15, -0.1) is 0 Å². The van der Waals surface area contributed by atoms with Gasteiger partial charge in [-0.1, -0.05) is 34.1 Å². The fraction of sp³-hybridized carbons (Fsp3) is 0.158. The second kappa shape index (κ2) is 8.48. The van der Waals surface area contributed by atoms with E-state index in [1.807, 2.05) is 48.5 Å². The number of oxazole rings is 1. The number of carbonyl (C=O) groups is 1. The maximum Gasteiger partial charge on any atom is 0.224 e. The number of amides is 1. The third-order valence-electron chi connectivity index (χ3n) is 3.48. The lowest BCUT2D eigenvalue weighted by atomic mass is 10.1. The molecule has 1 N–H and O–H groups in total. The number of ether oxygens (including phenoxy) is 1. The van der Waals surface area contributed by atoms with Gasteiger partial charge in [0, 0.05) is 22.1 Å². The van der Waals surface area contributed by atoms with Gasteiger partial charge in [-0.25, -0.2) is 4.98 Å². The summed E-state index contributed by atoms with van der Waals surface area (Å²) in [4.78, 5) is 16.0. The van der Waals surface area contributed by atoms with Gasteiger partial charge in [0.05, 0.1) is 12.8 Å². The Kier molecular flexibility index (Phi) is 5.85. The van der Waals surface area contributed by atoms with Gasteiger partial charge in [0.25, 0.3) is 0 Å². The summed E-state index contributed by atoms with van der Waals surface area (Å²) in [5, 5.41) is 2.89. The highest BCUT2D eigenvalue weighted by Crippen LogP contribution is 2.22. The molecule has 1 heterocycles. The second-order valence-corrected chi connectivity index (χ2v) is 6.32. The summed E-state index contributed by atoms with van der Waals surface area (Å²) in [6.07, 6.45) is 4.05. The fourth-order valence-corrected chi connectivity index (χ4v) is 2.69. The van der Waals surface area contributed by atoms with Crippen molar-refractivity contribution in [2.45, 2.75) is 12.8 Å². The average Bonchev–Trinajstić information content (AvgIpc) is 3.14. The van der Waals surface area contributed by atoms with Crippen molar-refractivity contribution in [3.8, 4) is 17.1 Å². The van der Waals surface area contributed by atoms with E-state index in [0.29, 0.717) is 25.2 Å². The number of aromatic nitrogens is 1. The van der Waals surface area contributed by atoms with E-state index >= 15 is 0 Å². The van der Waals surface area contributed by atoms with Crippen molar-refractivity contribution in [3.05, 3.63) is 65.6 Å². The van der Waals surface area contributed by atoms with Crippen LogP contribution in [0.5, 0.6) is 5.75 Å². The molecular formula is C19H17BrN2O3. The summed E-state index contributed by atoms with van der Waals surface area (Å²) in [6.45, 7) is 0.488. The first-order valence-corrected chi connectivity index (χ1v) is 8.67. The van der Waals surface area contributed by atoms with Crippen molar-refractivity contribution >= 4 is 27.5 Å². The third kappa shape index (κ3) is 5.19. The minimum Gasteiger partial charge on any atom is -0.494 e. The molecule has 2 aromatic carbocycles. The molecule has 0 unspecified atom stereocenters. The molecule has 0 atom stereocenters. The van der Waals surface area contributed by atoms with E-state index in [1.165, 1.54) is 6.39 Å². The highest BCUT2D eigenvalue weighted by molar-refractivity contribution is 9.10. The molecule has 0 radical (unpaired) electrons. The quantitative estimate of drug-likeness (QED) is 0.572. The van der Waals surface area contributed by atoms with E-state index in [-0.39, 0.29) is 5.91 Å². The zero-order valence-corrected chi connectivity index (χ0v) is 15.0. The molecule has 3 aromatic rings. The molecule has 1 amide bonds. The largest absolute Gasteiger partial charge is 0.494 e. The number of nitrogens with one attached hydrogen (secondary N) is 1. The molecule has 0 saturated heterocycles. The summed E-state index contributed by atoms with van der Waals surface area (Å²) >= 11 is 3.40. The van der Waals surface area contributed by atoms with E-state index in [2.05, 4.69) is 26.2 Å². The first kappa shape index (κ1) is 17.2. The first-order valence-electron chi connectivity index (χ1n) is 7.88. The van der Waals surface area contributed by atoms with E-state index < -0.39 is 0 Å². The van der Waals surface area contributed by atoms with Gasteiger partial charge in [-0.05, 0) is 36.8 Å². The molecule has 0 aliphatic carbocycles. The molecule has 1 aromatic heterocycles. The smallest absolute Gasteiger partial charge is 0.224 e. The van der Waals surface area contributed by atoms with Crippen molar-refractivity contribution in [2.75, 3.05) is 11.9 Å². The minimum absolute atomic E-state index is 0.0486. The Morgan fingerprint density at radius 3 is 2.88 bits per heavy atom. The lowest BCUT2D eigenvalue weighted by Gasteiger charge is -2.08. The number of nitrogens with zero attached hydrogens (tertiary/aromatic N) is 1. The van der Waals surface area contributed by atoms with Crippen LogP contribution in [0.3, 0.4) is 0 Å². The SMILES string of the molecule is O=C(CCCOc1cccc(Br)c1)Nc1cccc(-c2cnco2)c1. The Bertz CT molecular complexity index is 834. The minimum atomic E-state index is -0.0486. The summed E-state index contributed by atoms with van der Waals surface area (Å²) in [6, 6.07) is 15.1. The van der Waals surface area contributed by atoms with Crippen LogP contribution >= 0.6 is 15.9 Å². The molecule has 0 fully saturated rings. The molecule has 0 aliphatic rings. The van der Waals surface area contributed by atoms with Gasteiger partial charge in [-0.3, -0.25) is 4.79 Å². The molecule has 128 valence electrons. The van der Waals surface area contributed by atoms with Gasteiger partial charge >= 0.3 is 0 Å². The van der Waals surface area contributed by atoms with Crippen LogP contribution in [-0.4, -0.2) is 17.5 Å². The Morgan fingerprint density at radius 1 is 1.20 bits per heavy atom. The Hall–Kier alpha value is -2.60. The van der Waals surface area contributed by atoms with Gasteiger partial charge < -0.3 is 14.5 Å². The summed E-state index contributed by atoms with van der Waals surface area (Å²) < 4.78 is 11.9. The maximum absolute atomic E-state index is 12.1. The van der Waals surface area contributed by atoms with E-state index in [9.17, 15) is 4.79 Å². The lowest BCUT2D eigenvalue weighted by molar-refractivity contribution is -0.116. The zero-order chi connectivity index (χ0) is 17.5. The molecule has 6 heteroatoms. The normalized spacial score (nSPS) is 10.4. The number of anilines is 1. The predicted octanol–water partition coefficient (Wildman–Crippen LogP) is 4.90. The zero-order valence-electron chi connectivity index (χ0n) is 13.4. The van der Waals surface area contributed by atoms with Gasteiger partial charge in [0.15, 0.2) is 12.2 Å². The summed E-state index contributed by atoms with van der Waals surface area (Å²) in [7, 11) is 0. The van der Waals surface area contributed by atoms with Crippen LogP contribution in [0.1, 0.15) is 12.8 Å². The van der Waals surface area contributed by atoms with Gasteiger partial charge in [0.2, 0.25) is 5.91 Å². The van der Waals surface area contributed by atoms with Gasteiger partial charge in [-0.2, -0.15) is 0 Å². The Labute approximate surface area is 154 Å². The number of carbonyl (C=O) groups excluding carboxylic acids is 1. The van der Waals surface area contributed by atoms with Crippen molar-refractivity contribution in [1.29, 1.82) is 0 Å². The molecule has 0 spiro atoms. The van der Waals surface area contributed by atoms with Crippen LogP contribution in [0.4, 0.5) is 5.69 Å². The third-order valence-corrected chi connectivity index (χ3v) is 3.97. The number of rotatable bonds is 7. The highest BCUT2D eigenvalue weighted by atomic mass is 79.9. The van der Waals surface area contributed by atoms with Crippen LogP contribution in [0.25, 0.3) is 11.3 Å². The number of benzene rings is 2. The van der Waals surface area contributed by atoms with Crippen LogP contribution in [0.15, 0.2) is 70.0 Å². The topological polar surface area (TPSA) is 64.4 Å². The maximum atomic E-state index is 12.1. The number of halogens is 1. The molecule has 25 heavy (non-hydrogen) atoms. The Balaban J connectivity index is 1.46. The molecular weight excluding hydrogens is 384 g/mol. The van der Waals surface area contributed by atoms with Gasteiger partial charge in [0.1, 0.15) is 5.75 Å². The first-order chi connectivity index (χ1) is 12.2. The molecule has 3 rings (SSSR count).